The number of fused-ring (bicyclic) bond motifs is 1. The van der Waals surface area contributed by atoms with Crippen molar-refractivity contribution < 1.29 is 18.7 Å². The summed E-state index contributed by atoms with van der Waals surface area (Å²) in [6.45, 7) is 3.73. The molecule has 5 rings (SSSR count). The standard InChI is InChI=1S/C29H23Cl3FN5O3S/c1-3-41-27(40)16-7-10-18(11-8-16)35-26(39)24-15(2)34-28-36-29(42-14-20-21(31)5-4-6-23(20)33)37-38(28)25(24)19-12-9-17(30)13-22(19)32/h4-13,25H,3,14H2,1-2H3,(H,35,39)(H,34,36,37)/t25-/m1/s1. The molecule has 3 aromatic carbocycles. The maximum atomic E-state index is 14.4. The van der Waals surface area contributed by atoms with Gasteiger partial charge in [-0.25, -0.2) is 13.9 Å². The van der Waals surface area contributed by atoms with Crippen molar-refractivity contribution in [1.29, 1.82) is 0 Å². The Bertz CT molecular complexity index is 1690. The second kappa shape index (κ2) is 12.7. The number of hydrogen-bond donors (Lipinski definition) is 2. The maximum absolute atomic E-state index is 14.4. The second-order valence-corrected chi connectivity index (χ2v) is 11.3. The number of benzene rings is 3. The van der Waals surface area contributed by atoms with Crippen LogP contribution in [0.2, 0.25) is 15.1 Å². The smallest absolute Gasteiger partial charge is 0.338 e. The minimum atomic E-state index is -0.774. The van der Waals surface area contributed by atoms with Gasteiger partial charge in [0.2, 0.25) is 11.1 Å². The fourth-order valence-electron chi connectivity index (χ4n) is 4.41. The predicted molar refractivity (Wildman–Crippen MR) is 163 cm³/mol. The van der Waals surface area contributed by atoms with E-state index >= 15 is 0 Å². The van der Waals surface area contributed by atoms with Crippen molar-refractivity contribution in [2.45, 2.75) is 30.8 Å². The monoisotopic (exact) mass is 645 g/mol. The molecule has 0 aliphatic carbocycles. The maximum Gasteiger partial charge on any atom is 0.338 e. The summed E-state index contributed by atoms with van der Waals surface area (Å²) in [6.07, 6.45) is 0. The van der Waals surface area contributed by atoms with E-state index in [4.69, 9.17) is 39.5 Å². The Morgan fingerprint density at radius 2 is 1.86 bits per heavy atom. The summed E-state index contributed by atoms with van der Waals surface area (Å²) in [6, 6.07) is 15.1. The largest absolute Gasteiger partial charge is 0.462 e. The van der Waals surface area contributed by atoms with Crippen LogP contribution in [0.15, 0.2) is 77.1 Å². The van der Waals surface area contributed by atoms with Crippen LogP contribution in [0.4, 0.5) is 16.0 Å². The fourth-order valence-corrected chi connectivity index (χ4v) is 6.09. The lowest BCUT2D eigenvalue weighted by atomic mass is 9.95. The molecule has 1 aromatic heterocycles. The van der Waals surface area contributed by atoms with Gasteiger partial charge in [0.1, 0.15) is 11.9 Å². The molecule has 0 unspecified atom stereocenters. The zero-order valence-electron chi connectivity index (χ0n) is 22.3. The van der Waals surface area contributed by atoms with Gasteiger partial charge in [-0.3, -0.25) is 4.79 Å². The van der Waals surface area contributed by atoms with Crippen LogP contribution in [0.1, 0.15) is 41.4 Å². The van der Waals surface area contributed by atoms with E-state index in [0.29, 0.717) is 59.8 Å². The summed E-state index contributed by atoms with van der Waals surface area (Å²) in [7, 11) is 0. The highest BCUT2D eigenvalue weighted by molar-refractivity contribution is 7.98. The van der Waals surface area contributed by atoms with Gasteiger partial charge < -0.3 is 15.4 Å². The molecule has 0 spiro atoms. The van der Waals surface area contributed by atoms with Crippen LogP contribution in [0.3, 0.4) is 0 Å². The van der Waals surface area contributed by atoms with Crippen LogP contribution in [-0.4, -0.2) is 33.2 Å². The topological polar surface area (TPSA) is 98.1 Å². The van der Waals surface area contributed by atoms with Crippen molar-refractivity contribution in [1.82, 2.24) is 14.8 Å². The van der Waals surface area contributed by atoms with Crippen molar-refractivity contribution in [2.75, 3.05) is 17.2 Å². The van der Waals surface area contributed by atoms with Gasteiger partial charge in [0.15, 0.2) is 0 Å². The lowest BCUT2D eigenvalue weighted by Crippen LogP contribution is -2.31. The molecule has 0 saturated heterocycles. The summed E-state index contributed by atoms with van der Waals surface area (Å²) in [4.78, 5) is 30.4. The van der Waals surface area contributed by atoms with Gasteiger partial charge in [0.05, 0.1) is 17.7 Å². The van der Waals surface area contributed by atoms with Crippen LogP contribution >= 0.6 is 46.6 Å². The second-order valence-electron chi connectivity index (χ2n) is 9.14. The molecule has 216 valence electrons. The zero-order chi connectivity index (χ0) is 30.0. The number of esters is 1. The molecule has 1 atom stereocenters. The minimum Gasteiger partial charge on any atom is -0.462 e. The number of hydrogen-bond acceptors (Lipinski definition) is 7. The molecule has 1 aliphatic heterocycles. The number of carbonyl (C=O) groups is 2. The Hall–Kier alpha value is -3.57. The van der Waals surface area contributed by atoms with E-state index in [0.717, 1.165) is 0 Å². The highest BCUT2D eigenvalue weighted by atomic mass is 35.5. The summed E-state index contributed by atoms with van der Waals surface area (Å²) in [5, 5.41) is 12.1. The van der Waals surface area contributed by atoms with E-state index in [1.54, 1.807) is 73.1 Å². The van der Waals surface area contributed by atoms with Crippen molar-refractivity contribution in [2.24, 2.45) is 0 Å². The molecule has 2 heterocycles. The van der Waals surface area contributed by atoms with Crippen LogP contribution in [0.25, 0.3) is 0 Å². The zero-order valence-corrected chi connectivity index (χ0v) is 25.3. The Labute approximate surface area is 260 Å². The van der Waals surface area contributed by atoms with E-state index in [1.807, 2.05) is 0 Å². The number of thioether (sulfide) groups is 1. The van der Waals surface area contributed by atoms with Crippen LogP contribution in [0.5, 0.6) is 0 Å². The average molecular weight is 647 g/mol. The number of nitrogens with zero attached hydrogens (tertiary/aromatic N) is 3. The van der Waals surface area contributed by atoms with Crippen molar-refractivity contribution in [3.8, 4) is 0 Å². The normalized spacial score (nSPS) is 14.3. The number of allylic oxidation sites excluding steroid dienone is 1. The van der Waals surface area contributed by atoms with E-state index in [1.165, 1.54) is 17.8 Å². The lowest BCUT2D eigenvalue weighted by molar-refractivity contribution is -0.113. The third-order valence-corrected chi connectivity index (χ3v) is 8.18. The molecule has 0 bridgehead atoms. The molecule has 0 saturated carbocycles. The summed E-state index contributed by atoms with van der Waals surface area (Å²) < 4.78 is 20.9. The minimum absolute atomic E-state index is 0.197. The first-order chi connectivity index (χ1) is 20.2. The number of aromatic nitrogens is 3. The van der Waals surface area contributed by atoms with E-state index < -0.39 is 23.7 Å². The Morgan fingerprint density at radius 3 is 2.55 bits per heavy atom. The molecule has 1 amide bonds. The average Bonchev–Trinajstić information content (AvgIpc) is 3.35. The molecule has 4 aromatic rings. The predicted octanol–water partition coefficient (Wildman–Crippen LogP) is 7.77. The van der Waals surface area contributed by atoms with Crippen LogP contribution in [0, 0.1) is 5.82 Å². The van der Waals surface area contributed by atoms with Gasteiger partial charge in [-0.2, -0.15) is 4.98 Å². The number of ether oxygens (including phenoxy) is 1. The van der Waals surface area contributed by atoms with Gasteiger partial charge in [0, 0.05) is 43.3 Å². The number of rotatable bonds is 8. The van der Waals surface area contributed by atoms with Gasteiger partial charge in [-0.05, 0) is 62.4 Å². The van der Waals surface area contributed by atoms with E-state index in [-0.39, 0.29) is 12.4 Å². The first kappa shape index (κ1) is 29.9. The molecule has 0 fully saturated rings. The Balaban J connectivity index is 1.47. The summed E-state index contributed by atoms with van der Waals surface area (Å²) in [5.74, 6) is -0.723. The van der Waals surface area contributed by atoms with Crippen molar-refractivity contribution in [3.05, 3.63) is 110 Å². The molecular formula is C29H23Cl3FN5O3S. The number of nitrogens with one attached hydrogen (secondary N) is 2. The van der Waals surface area contributed by atoms with Crippen LogP contribution in [-0.2, 0) is 15.3 Å². The van der Waals surface area contributed by atoms with Crippen molar-refractivity contribution >= 4 is 70.1 Å². The first-order valence-electron chi connectivity index (χ1n) is 12.7. The molecule has 42 heavy (non-hydrogen) atoms. The van der Waals surface area contributed by atoms with E-state index in [2.05, 4.69) is 20.7 Å². The quantitative estimate of drug-likeness (QED) is 0.149. The number of anilines is 2. The molecule has 13 heteroatoms. The van der Waals surface area contributed by atoms with Crippen molar-refractivity contribution in [3.63, 3.8) is 0 Å². The number of halogens is 4. The molecule has 2 N–H and O–H groups in total. The third kappa shape index (κ3) is 6.27. The highest BCUT2D eigenvalue weighted by Crippen LogP contribution is 2.40. The van der Waals surface area contributed by atoms with Gasteiger partial charge in [-0.15, -0.1) is 5.10 Å². The van der Waals surface area contributed by atoms with Gasteiger partial charge in [0.25, 0.3) is 5.91 Å². The Morgan fingerprint density at radius 1 is 1.10 bits per heavy atom. The Kier molecular flexibility index (Phi) is 9.08. The summed E-state index contributed by atoms with van der Waals surface area (Å²) in [5.41, 5.74) is 2.61. The first-order valence-corrected chi connectivity index (χ1v) is 14.8. The molecule has 0 radical (unpaired) electrons. The summed E-state index contributed by atoms with van der Waals surface area (Å²) >= 11 is 20.2. The number of carbonyl (C=O) groups excluding carboxylic acids is 2. The highest BCUT2D eigenvalue weighted by Gasteiger charge is 2.35. The van der Waals surface area contributed by atoms with Gasteiger partial charge in [-0.1, -0.05) is 58.7 Å². The fraction of sp³-hybridized carbons (Fsp3) is 0.172. The van der Waals surface area contributed by atoms with E-state index in [9.17, 15) is 14.0 Å². The molecule has 1 aliphatic rings. The molecule has 8 nitrogen and oxygen atoms in total. The third-order valence-electron chi connectivity index (χ3n) is 6.40. The SMILES string of the molecule is CCOC(=O)c1ccc(NC(=O)C2=C(C)Nc3nc(SCc4c(F)cccc4Cl)nn3[C@@H]2c2ccc(Cl)cc2Cl)cc1. The molecular weight excluding hydrogens is 624 g/mol. The lowest BCUT2D eigenvalue weighted by Gasteiger charge is -2.29. The van der Waals surface area contributed by atoms with Crippen LogP contribution < -0.4 is 10.6 Å². The van der Waals surface area contributed by atoms with Gasteiger partial charge >= 0.3 is 5.97 Å². The number of amides is 1.